The van der Waals surface area contributed by atoms with Crippen molar-refractivity contribution in [2.45, 2.75) is 0 Å². The van der Waals surface area contributed by atoms with Crippen molar-refractivity contribution in [2.75, 3.05) is 60.8 Å². The molecule has 1 aromatic rings. The maximum atomic E-state index is 11.3. The molecule has 0 unspecified atom stereocenters. The van der Waals surface area contributed by atoms with Gasteiger partial charge in [-0.25, -0.2) is 4.79 Å². The molecule has 0 aliphatic rings. The predicted octanol–water partition coefficient (Wildman–Crippen LogP) is 0.455. The predicted molar refractivity (Wildman–Crippen MR) is 90.5 cm³/mol. The number of hydrogen-bond acceptors (Lipinski definition) is 10. The Labute approximate surface area is 157 Å². The summed E-state index contributed by atoms with van der Waals surface area (Å²) in [5.41, 5.74) is 0.0560. The van der Waals surface area contributed by atoms with Gasteiger partial charge in [0.1, 0.15) is 24.0 Å². The Balaban J connectivity index is 2.90. The minimum absolute atomic E-state index is 0.0187. The van der Waals surface area contributed by atoms with E-state index in [1.807, 2.05) is 6.07 Å². The van der Waals surface area contributed by atoms with Crippen LogP contribution in [0.25, 0.3) is 0 Å². The van der Waals surface area contributed by atoms with E-state index in [0.29, 0.717) is 26.4 Å². The number of hydrogen-bond donors (Lipinski definition) is 1. The number of nitriles is 1. The Hall–Kier alpha value is -2.42. The molecule has 1 aromatic carbocycles. The maximum Gasteiger partial charge on any atom is 0.337 e. The Morgan fingerprint density at radius 2 is 1.67 bits per heavy atom. The van der Waals surface area contributed by atoms with E-state index in [1.54, 1.807) is 7.11 Å². The number of carbonyl (C=O) groups excluding carboxylic acids is 1. The zero-order valence-corrected chi connectivity index (χ0v) is 15.3. The highest BCUT2D eigenvalue weighted by molar-refractivity contribution is 5.74. The molecular formula is C17H23NO9. The minimum Gasteiger partial charge on any atom is -0.463 e. The average Bonchev–Trinajstić information content (AvgIpc) is 2.68. The highest BCUT2D eigenvalue weighted by Gasteiger charge is 2.17. The van der Waals surface area contributed by atoms with E-state index < -0.39 is 12.6 Å². The van der Waals surface area contributed by atoms with Crippen molar-refractivity contribution in [2.24, 2.45) is 0 Å². The minimum atomic E-state index is -0.877. The summed E-state index contributed by atoms with van der Waals surface area (Å²) in [4.78, 5) is 11.3. The van der Waals surface area contributed by atoms with Gasteiger partial charge in [0.2, 0.25) is 0 Å². The van der Waals surface area contributed by atoms with Crippen LogP contribution in [0.1, 0.15) is 5.56 Å². The van der Waals surface area contributed by atoms with Crippen LogP contribution < -0.4 is 14.2 Å². The Kier molecular flexibility index (Phi) is 11.5. The largest absolute Gasteiger partial charge is 0.463 e. The second kappa shape index (κ2) is 13.7. The molecule has 0 atom stereocenters. The van der Waals surface area contributed by atoms with Gasteiger partial charge in [0, 0.05) is 26.4 Å². The van der Waals surface area contributed by atoms with Crippen LogP contribution in [-0.4, -0.2) is 71.9 Å². The van der Waals surface area contributed by atoms with Crippen molar-refractivity contribution in [3.05, 3.63) is 17.7 Å². The van der Waals surface area contributed by atoms with Crippen LogP contribution in [0.3, 0.4) is 0 Å². The van der Waals surface area contributed by atoms with Crippen molar-refractivity contribution in [1.82, 2.24) is 0 Å². The number of carbonyl (C=O) groups is 1. The molecule has 0 saturated carbocycles. The smallest absolute Gasteiger partial charge is 0.337 e. The molecule has 10 nitrogen and oxygen atoms in total. The molecular weight excluding hydrogens is 362 g/mol. The lowest BCUT2D eigenvalue weighted by molar-refractivity contribution is -0.137. The molecule has 0 bridgehead atoms. The average molecular weight is 385 g/mol. The third kappa shape index (κ3) is 8.67. The molecule has 150 valence electrons. The van der Waals surface area contributed by atoms with Gasteiger partial charge < -0.3 is 38.3 Å². The van der Waals surface area contributed by atoms with Gasteiger partial charge >= 0.3 is 5.97 Å². The van der Waals surface area contributed by atoms with Gasteiger partial charge in [0.15, 0.2) is 25.1 Å². The summed E-state index contributed by atoms with van der Waals surface area (Å²) in [6.07, 6.45) is 0. The summed E-state index contributed by atoms with van der Waals surface area (Å²) in [5.74, 6) is -0.639. The van der Waals surface area contributed by atoms with Crippen LogP contribution in [0.5, 0.6) is 17.2 Å². The summed E-state index contributed by atoms with van der Waals surface area (Å²) in [6.45, 7) is 0.294. The number of aliphatic hydroxyl groups is 1. The Morgan fingerprint density at radius 1 is 1.04 bits per heavy atom. The first-order chi connectivity index (χ1) is 13.2. The number of methoxy groups -OCH3 is 2. The van der Waals surface area contributed by atoms with Crippen molar-refractivity contribution >= 4 is 5.97 Å². The van der Waals surface area contributed by atoms with E-state index in [4.69, 9.17) is 38.3 Å². The Bertz CT molecular complexity index is 615. The van der Waals surface area contributed by atoms with Crippen LogP contribution in [-0.2, 0) is 23.7 Å². The van der Waals surface area contributed by atoms with Crippen LogP contribution in [0.15, 0.2) is 12.1 Å². The molecule has 0 spiro atoms. The highest BCUT2D eigenvalue weighted by atomic mass is 16.7. The number of esters is 1. The van der Waals surface area contributed by atoms with E-state index in [9.17, 15) is 10.1 Å². The van der Waals surface area contributed by atoms with Crippen LogP contribution in [0.4, 0.5) is 0 Å². The summed E-state index contributed by atoms with van der Waals surface area (Å²) in [6, 6.07) is 4.56. The summed E-state index contributed by atoms with van der Waals surface area (Å²) in [5, 5.41) is 18.2. The van der Waals surface area contributed by atoms with Gasteiger partial charge in [-0.1, -0.05) is 0 Å². The molecule has 27 heavy (non-hydrogen) atoms. The second-order valence-corrected chi connectivity index (χ2v) is 4.87. The summed E-state index contributed by atoms with van der Waals surface area (Å²) in [7, 11) is 3.08. The fraction of sp³-hybridized carbons (Fsp3) is 0.529. The molecule has 1 rings (SSSR count). The van der Waals surface area contributed by atoms with E-state index >= 15 is 0 Å². The van der Waals surface area contributed by atoms with Crippen LogP contribution in [0, 0.1) is 11.3 Å². The SMILES string of the molecule is COCCOCOc1cc(OC(=O)CO)cc(C#N)c1OCOCCOC. The molecule has 0 amide bonds. The normalized spacial score (nSPS) is 10.3. The Morgan fingerprint density at radius 3 is 2.22 bits per heavy atom. The van der Waals surface area contributed by atoms with Crippen molar-refractivity contribution in [3.8, 4) is 23.3 Å². The number of nitrogens with zero attached hydrogens (tertiary/aromatic N) is 1. The molecule has 0 aliphatic carbocycles. The number of benzene rings is 1. The third-order valence-electron chi connectivity index (χ3n) is 2.96. The molecule has 0 heterocycles. The molecule has 0 aliphatic heterocycles. The molecule has 0 saturated heterocycles. The summed E-state index contributed by atoms with van der Waals surface area (Å²) < 4.78 is 36.0. The third-order valence-corrected chi connectivity index (χ3v) is 2.96. The van der Waals surface area contributed by atoms with Gasteiger partial charge in [-0.3, -0.25) is 0 Å². The van der Waals surface area contributed by atoms with E-state index in [2.05, 4.69) is 0 Å². The molecule has 0 radical (unpaired) electrons. The maximum absolute atomic E-state index is 11.3. The first-order valence-electron chi connectivity index (χ1n) is 7.94. The highest BCUT2D eigenvalue weighted by Crippen LogP contribution is 2.36. The van der Waals surface area contributed by atoms with Crippen molar-refractivity contribution in [3.63, 3.8) is 0 Å². The lowest BCUT2D eigenvalue weighted by Gasteiger charge is -2.15. The van der Waals surface area contributed by atoms with E-state index in [-0.39, 0.29) is 36.4 Å². The van der Waals surface area contributed by atoms with Crippen LogP contribution in [0.2, 0.25) is 0 Å². The number of ether oxygens (including phenoxy) is 7. The standard InChI is InChI=1S/C17H23NO9/c1-21-3-5-23-11-25-15-8-14(27-16(20)10-19)7-13(9-18)17(15)26-12-24-6-4-22-2/h7-8,19H,3-6,10-12H2,1-2H3. The van der Waals surface area contributed by atoms with Crippen molar-refractivity contribution < 1.29 is 43.1 Å². The first kappa shape index (κ1) is 22.6. The summed E-state index contributed by atoms with van der Waals surface area (Å²) >= 11 is 0. The monoisotopic (exact) mass is 385 g/mol. The van der Waals surface area contributed by atoms with E-state index in [1.165, 1.54) is 19.2 Å². The molecule has 10 heteroatoms. The molecule has 1 N–H and O–H groups in total. The zero-order chi connectivity index (χ0) is 19.9. The van der Waals surface area contributed by atoms with Crippen LogP contribution >= 0.6 is 0 Å². The van der Waals surface area contributed by atoms with Crippen molar-refractivity contribution in [1.29, 1.82) is 5.26 Å². The lowest BCUT2D eigenvalue weighted by atomic mass is 10.2. The second-order valence-electron chi connectivity index (χ2n) is 4.87. The first-order valence-corrected chi connectivity index (χ1v) is 7.94. The quantitative estimate of drug-likeness (QED) is 0.209. The van der Waals surface area contributed by atoms with Gasteiger partial charge in [-0.2, -0.15) is 5.26 Å². The van der Waals surface area contributed by atoms with Gasteiger partial charge in [-0.15, -0.1) is 0 Å². The molecule has 0 aromatic heterocycles. The number of rotatable bonds is 14. The van der Waals surface area contributed by atoms with E-state index in [0.717, 1.165) is 0 Å². The van der Waals surface area contributed by atoms with Gasteiger partial charge in [-0.05, 0) is 0 Å². The lowest BCUT2D eigenvalue weighted by Crippen LogP contribution is -2.14. The number of aliphatic hydroxyl groups excluding tert-OH is 1. The van der Waals surface area contributed by atoms with Gasteiger partial charge in [0.25, 0.3) is 0 Å². The van der Waals surface area contributed by atoms with Gasteiger partial charge in [0.05, 0.1) is 26.4 Å². The zero-order valence-electron chi connectivity index (χ0n) is 15.3. The molecule has 0 fully saturated rings. The fourth-order valence-corrected chi connectivity index (χ4v) is 1.75. The topological polar surface area (TPSA) is 126 Å². The fourth-order valence-electron chi connectivity index (χ4n) is 1.75.